The van der Waals surface area contributed by atoms with Gasteiger partial charge in [0.25, 0.3) is 0 Å². The van der Waals surface area contributed by atoms with Crippen LogP contribution >= 0.6 is 11.6 Å². The number of nitrogens with zero attached hydrogens (tertiary/aromatic N) is 1. The number of fused-ring (bicyclic) bond motifs is 3. The topological polar surface area (TPSA) is 3.24 Å². The van der Waals surface area contributed by atoms with Crippen molar-refractivity contribution in [3.05, 3.63) is 34.9 Å². The minimum Gasteiger partial charge on any atom is -0.309 e. The lowest BCUT2D eigenvalue weighted by Crippen LogP contribution is -2.43. The molecule has 0 spiro atoms. The third kappa shape index (κ3) is 2.68. The second-order valence-electron chi connectivity index (χ2n) is 6.68. The Hall–Kier alpha value is -0.530. The molecule has 2 atom stereocenters. The van der Waals surface area contributed by atoms with Crippen LogP contribution in [0, 0.1) is 17.8 Å². The van der Waals surface area contributed by atoms with Gasteiger partial charge in [0.05, 0.1) is 0 Å². The first-order chi connectivity index (χ1) is 9.15. The van der Waals surface area contributed by atoms with Gasteiger partial charge < -0.3 is 4.90 Å². The highest BCUT2D eigenvalue weighted by Gasteiger charge is 2.44. The van der Waals surface area contributed by atoms with Crippen LogP contribution in [0.15, 0.2) is 24.3 Å². The zero-order valence-electron chi connectivity index (χ0n) is 12.0. The lowest BCUT2D eigenvalue weighted by molar-refractivity contribution is 0.0507. The smallest absolute Gasteiger partial charge is 0.0408 e. The molecule has 3 saturated carbocycles. The molecular weight excluding hydrogens is 254 g/mol. The number of hydrogen-bond donors (Lipinski definition) is 0. The lowest BCUT2D eigenvalue weighted by Gasteiger charge is -2.50. The summed E-state index contributed by atoms with van der Waals surface area (Å²) in [7, 11) is 4.41. The second-order valence-corrected chi connectivity index (χ2v) is 7.12. The number of rotatable bonds is 3. The molecule has 104 valence electrons. The average Bonchev–Trinajstić information content (AvgIpc) is 2.39. The van der Waals surface area contributed by atoms with Crippen molar-refractivity contribution in [1.82, 2.24) is 4.90 Å². The maximum atomic E-state index is 6.21. The van der Waals surface area contributed by atoms with Gasteiger partial charge in [-0.15, -0.1) is 0 Å². The van der Waals surface area contributed by atoms with Crippen molar-refractivity contribution < 1.29 is 0 Å². The summed E-state index contributed by atoms with van der Waals surface area (Å²) in [6.45, 7) is 1.22. The van der Waals surface area contributed by atoms with E-state index in [2.05, 4.69) is 37.2 Å². The molecule has 0 saturated heterocycles. The summed E-state index contributed by atoms with van der Waals surface area (Å²) in [5, 5.41) is 0.891. The highest BCUT2D eigenvalue weighted by atomic mass is 35.5. The van der Waals surface area contributed by atoms with Crippen molar-refractivity contribution >= 4 is 11.6 Å². The zero-order valence-corrected chi connectivity index (χ0v) is 12.7. The molecule has 0 aliphatic heterocycles. The first-order valence-electron chi connectivity index (χ1n) is 7.55. The number of hydrogen-bond acceptors (Lipinski definition) is 1. The summed E-state index contributed by atoms with van der Waals surface area (Å²) in [6, 6.07) is 8.61. The molecule has 1 aromatic carbocycles. The molecular formula is C17H24ClN. The second kappa shape index (κ2) is 5.46. The minimum absolute atomic E-state index is 0.730. The Morgan fingerprint density at radius 3 is 2.42 bits per heavy atom. The van der Waals surface area contributed by atoms with Gasteiger partial charge in [0.2, 0.25) is 0 Å². The molecule has 0 N–H and O–H groups in total. The minimum atomic E-state index is 0.730. The molecule has 0 amide bonds. The Balaban J connectivity index is 1.91. The van der Waals surface area contributed by atoms with Gasteiger partial charge in [0.1, 0.15) is 0 Å². The summed E-state index contributed by atoms with van der Waals surface area (Å²) in [6.07, 6.45) is 5.73. The van der Waals surface area contributed by atoms with E-state index in [-0.39, 0.29) is 0 Å². The maximum absolute atomic E-state index is 6.21. The van der Waals surface area contributed by atoms with Crippen LogP contribution in [0.25, 0.3) is 0 Å². The van der Waals surface area contributed by atoms with Gasteiger partial charge in [-0.1, -0.05) is 23.7 Å². The van der Waals surface area contributed by atoms with Crippen LogP contribution in [0.5, 0.6) is 0 Å². The number of halogens is 1. The maximum Gasteiger partial charge on any atom is 0.0408 e. The van der Waals surface area contributed by atoms with Gasteiger partial charge in [-0.05, 0) is 81.1 Å². The van der Waals surface area contributed by atoms with E-state index < -0.39 is 0 Å². The van der Waals surface area contributed by atoms with Crippen LogP contribution in [0.2, 0.25) is 5.02 Å². The lowest BCUT2D eigenvalue weighted by atomic mass is 9.57. The van der Waals surface area contributed by atoms with Gasteiger partial charge in [-0.25, -0.2) is 0 Å². The first-order valence-corrected chi connectivity index (χ1v) is 7.93. The van der Waals surface area contributed by atoms with E-state index in [1.807, 2.05) is 6.07 Å². The molecule has 3 fully saturated rings. The Kier molecular flexibility index (Phi) is 3.86. The van der Waals surface area contributed by atoms with E-state index >= 15 is 0 Å². The quantitative estimate of drug-likeness (QED) is 0.790. The van der Waals surface area contributed by atoms with Crippen LogP contribution in [0.1, 0.15) is 37.2 Å². The monoisotopic (exact) mass is 277 g/mol. The molecule has 1 nitrogen and oxygen atoms in total. The molecule has 19 heavy (non-hydrogen) atoms. The largest absolute Gasteiger partial charge is 0.309 e. The molecule has 3 aliphatic rings. The van der Waals surface area contributed by atoms with E-state index in [1.54, 1.807) is 0 Å². The van der Waals surface area contributed by atoms with Crippen molar-refractivity contribution in [2.45, 2.75) is 31.6 Å². The highest BCUT2D eigenvalue weighted by molar-refractivity contribution is 6.30. The Bertz CT molecular complexity index is 435. The average molecular weight is 278 g/mol. The van der Waals surface area contributed by atoms with E-state index in [0.29, 0.717) is 0 Å². The summed E-state index contributed by atoms with van der Waals surface area (Å²) in [5.74, 6) is 3.36. The SMILES string of the molecule is CN(C)C[C@@H]1C2CCC(CC2)[C@@H]1c1cccc(Cl)c1. The molecule has 3 aliphatic carbocycles. The fraction of sp³-hybridized carbons (Fsp3) is 0.647. The Labute approximate surface area is 121 Å². The van der Waals surface area contributed by atoms with Crippen molar-refractivity contribution in [2.24, 2.45) is 17.8 Å². The molecule has 1 aromatic rings. The van der Waals surface area contributed by atoms with Crippen LogP contribution in [-0.4, -0.2) is 25.5 Å². The van der Waals surface area contributed by atoms with Crippen LogP contribution in [0.4, 0.5) is 0 Å². The summed E-state index contributed by atoms with van der Waals surface area (Å²) < 4.78 is 0. The third-order valence-electron chi connectivity index (χ3n) is 5.20. The molecule has 0 aromatic heterocycles. The normalized spacial score (nSPS) is 33.9. The van der Waals surface area contributed by atoms with Crippen molar-refractivity contribution in [2.75, 3.05) is 20.6 Å². The highest BCUT2D eigenvalue weighted by Crippen LogP contribution is 2.53. The standard InChI is InChI=1S/C17H24ClN/c1-19(2)11-16-12-6-8-13(9-7-12)17(16)14-4-3-5-15(18)10-14/h3-5,10,12-13,16-17H,6-9,11H2,1-2H3/t12?,13?,16-,17-/m1/s1. The fourth-order valence-electron chi connectivity index (χ4n) is 4.49. The molecule has 2 bridgehead atoms. The molecule has 0 unspecified atom stereocenters. The summed E-state index contributed by atoms with van der Waals surface area (Å²) in [4.78, 5) is 2.36. The van der Waals surface area contributed by atoms with E-state index in [1.165, 1.54) is 37.8 Å². The number of benzene rings is 1. The van der Waals surface area contributed by atoms with Gasteiger partial charge in [-0.2, -0.15) is 0 Å². The molecule has 0 heterocycles. The predicted molar refractivity (Wildman–Crippen MR) is 81.7 cm³/mol. The van der Waals surface area contributed by atoms with Crippen LogP contribution < -0.4 is 0 Å². The predicted octanol–water partition coefficient (Wildman–Crippen LogP) is 4.42. The molecule has 4 rings (SSSR count). The van der Waals surface area contributed by atoms with E-state index in [9.17, 15) is 0 Å². The zero-order chi connectivity index (χ0) is 13.4. The van der Waals surface area contributed by atoms with Crippen molar-refractivity contribution in [1.29, 1.82) is 0 Å². The Morgan fingerprint density at radius 1 is 1.11 bits per heavy atom. The fourth-order valence-corrected chi connectivity index (χ4v) is 4.69. The third-order valence-corrected chi connectivity index (χ3v) is 5.44. The molecule has 0 radical (unpaired) electrons. The summed E-state index contributed by atoms with van der Waals surface area (Å²) >= 11 is 6.21. The molecule has 2 heteroatoms. The van der Waals surface area contributed by atoms with E-state index in [0.717, 1.165) is 28.7 Å². The van der Waals surface area contributed by atoms with E-state index in [4.69, 9.17) is 11.6 Å². The Morgan fingerprint density at radius 2 is 1.79 bits per heavy atom. The van der Waals surface area contributed by atoms with Gasteiger partial charge >= 0.3 is 0 Å². The first kappa shape index (κ1) is 13.5. The van der Waals surface area contributed by atoms with Crippen molar-refractivity contribution in [3.8, 4) is 0 Å². The summed E-state index contributed by atoms with van der Waals surface area (Å²) in [5.41, 5.74) is 1.48. The van der Waals surface area contributed by atoms with Gasteiger partial charge in [0.15, 0.2) is 0 Å². The van der Waals surface area contributed by atoms with Gasteiger partial charge in [-0.3, -0.25) is 0 Å². The van der Waals surface area contributed by atoms with Crippen molar-refractivity contribution in [3.63, 3.8) is 0 Å². The van der Waals surface area contributed by atoms with Gasteiger partial charge in [0, 0.05) is 11.6 Å². The van der Waals surface area contributed by atoms with Crippen LogP contribution in [0.3, 0.4) is 0 Å². The van der Waals surface area contributed by atoms with Crippen LogP contribution in [-0.2, 0) is 0 Å².